The molecule has 19 heavy (non-hydrogen) atoms. The normalized spacial score (nSPS) is 10.7. The molecule has 5 heteroatoms. The first kappa shape index (κ1) is 11.4. The Morgan fingerprint density at radius 2 is 2.11 bits per heavy atom. The maximum Gasteiger partial charge on any atom is 0.156 e. The predicted molar refractivity (Wildman–Crippen MR) is 69.3 cm³/mol. The van der Waals surface area contributed by atoms with Gasteiger partial charge in [-0.05, 0) is 18.2 Å². The highest BCUT2D eigenvalue weighted by Crippen LogP contribution is 2.18. The van der Waals surface area contributed by atoms with Gasteiger partial charge in [0.2, 0.25) is 0 Å². The van der Waals surface area contributed by atoms with Crippen molar-refractivity contribution in [2.75, 3.05) is 0 Å². The molecule has 0 bridgehead atoms. The average molecular weight is 253 g/mol. The van der Waals surface area contributed by atoms with Crippen LogP contribution in [0.1, 0.15) is 21.7 Å². The Kier molecular flexibility index (Phi) is 2.72. The molecular weight excluding hydrogens is 242 g/mol. The minimum atomic E-state index is 0.231. The molecule has 5 nitrogen and oxygen atoms in total. The van der Waals surface area contributed by atoms with Gasteiger partial charge >= 0.3 is 0 Å². The van der Waals surface area contributed by atoms with E-state index in [0.29, 0.717) is 23.5 Å². The zero-order valence-corrected chi connectivity index (χ0v) is 10.0. The van der Waals surface area contributed by atoms with Gasteiger partial charge in [-0.1, -0.05) is 18.2 Å². The van der Waals surface area contributed by atoms with Gasteiger partial charge in [0, 0.05) is 23.7 Å². The van der Waals surface area contributed by atoms with Gasteiger partial charge in [-0.2, -0.15) is 5.10 Å². The molecule has 2 aromatic heterocycles. The van der Waals surface area contributed by atoms with Gasteiger partial charge < -0.3 is 5.11 Å². The van der Waals surface area contributed by atoms with Crippen molar-refractivity contribution in [3.63, 3.8) is 0 Å². The summed E-state index contributed by atoms with van der Waals surface area (Å²) in [7, 11) is 0. The molecule has 0 amide bonds. The number of phenols is 1. The number of carbonyl (C=O) groups excluding carboxylic acids is 1. The lowest BCUT2D eigenvalue weighted by Gasteiger charge is -1.99. The molecule has 0 aliphatic rings. The Bertz CT molecular complexity index is 749. The third-order valence-electron chi connectivity index (χ3n) is 2.88. The highest BCUT2D eigenvalue weighted by molar-refractivity contribution is 5.76. The lowest BCUT2D eigenvalue weighted by Crippen LogP contribution is -1.92. The van der Waals surface area contributed by atoms with Crippen molar-refractivity contribution in [3.05, 3.63) is 59.5 Å². The molecule has 0 aliphatic heterocycles. The number of rotatable bonds is 3. The molecule has 3 aromatic rings. The summed E-state index contributed by atoms with van der Waals surface area (Å²) < 4.78 is 1.61. The van der Waals surface area contributed by atoms with Crippen molar-refractivity contribution in [1.29, 1.82) is 0 Å². The number of para-hydroxylation sites is 1. The quantitative estimate of drug-likeness (QED) is 0.723. The van der Waals surface area contributed by atoms with E-state index in [2.05, 4.69) is 10.1 Å². The van der Waals surface area contributed by atoms with E-state index in [1.807, 2.05) is 12.1 Å². The van der Waals surface area contributed by atoms with Crippen LogP contribution in [0.15, 0.2) is 42.6 Å². The molecule has 94 valence electrons. The smallest absolute Gasteiger partial charge is 0.156 e. The molecular formula is C14H11N3O2. The number of hydrogen-bond acceptors (Lipinski definition) is 4. The van der Waals surface area contributed by atoms with Crippen molar-refractivity contribution < 1.29 is 9.90 Å². The van der Waals surface area contributed by atoms with Crippen LogP contribution in [0.5, 0.6) is 5.75 Å². The van der Waals surface area contributed by atoms with Gasteiger partial charge in [-0.3, -0.25) is 4.79 Å². The number of aromatic nitrogens is 3. The van der Waals surface area contributed by atoms with Gasteiger partial charge in [0.25, 0.3) is 0 Å². The second kappa shape index (κ2) is 4.53. The molecule has 0 saturated heterocycles. The van der Waals surface area contributed by atoms with Crippen LogP contribution in [0.2, 0.25) is 0 Å². The predicted octanol–water partition coefficient (Wildman–Crippen LogP) is 1.84. The molecule has 1 aromatic carbocycles. The molecule has 0 atom stereocenters. The van der Waals surface area contributed by atoms with Crippen molar-refractivity contribution in [1.82, 2.24) is 14.6 Å². The largest absolute Gasteiger partial charge is 0.508 e. The molecule has 1 N–H and O–H groups in total. The van der Waals surface area contributed by atoms with Gasteiger partial charge in [-0.25, -0.2) is 9.50 Å². The van der Waals surface area contributed by atoms with E-state index in [1.165, 1.54) is 0 Å². The molecule has 0 saturated carbocycles. The second-order valence-corrected chi connectivity index (χ2v) is 4.21. The maximum absolute atomic E-state index is 10.7. The third-order valence-corrected chi connectivity index (χ3v) is 2.88. The van der Waals surface area contributed by atoms with Gasteiger partial charge in [0.1, 0.15) is 12.0 Å². The SMILES string of the molecule is O=Cc1ccn2nc(Cc3ccccc3O)nc2c1. The van der Waals surface area contributed by atoms with E-state index in [9.17, 15) is 9.90 Å². The van der Waals surface area contributed by atoms with E-state index in [0.717, 1.165) is 11.8 Å². The molecule has 0 fully saturated rings. The van der Waals surface area contributed by atoms with Crippen molar-refractivity contribution >= 4 is 11.9 Å². The fourth-order valence-electron chi connectivity index (χ4n) is 1.92. The first-order valence-corrected chi connectivity index (χ1v) is 5.83. The van der Waals surface area contributed by atoms with Gasteiger partial charge in [-0.15, -0.1) is 0 Å². The van der Waals surface area contributed by atoms with E-state index >= 15 is 0 Å². The number of benzene rings is 1. The maximum atomic E-state index is 10.7. The van der Waals surface area contributed by atoms with E-state index < -0.39 is 0 Å². The van der Waals surface area contributed by atoms with Crippen LogP contribution >= 0.6 is 0 Å². The van der Waals surface area contributed by atoms with Crippen LogP contribution in [-0.2, 0) is 6.42 Å². The van der Waals surface area contributed by atoms with E-state index in [1.54, 1.807) is 35.0 Å². The van der Waals surface area contributed by atoms with Gasteiger partial charge in [0.15, 0.2) is 11.5 Å². The minimum absolute atomic E-state index is 0.231. The van der Waals surface area contributed by atoms with Gasteiger partial charge in [0.05, 0.1) is 0 Å². The number of phenolic OH excluding ortho intramolecular Hbond substituents is 1. The Hall–Kier alpha value is -2.69. The average Bonchev–Trinajstić information content (AvgIpc) is 2.82. The highest BCUT2D eigenvalue weighted by atomic mass is 16.3. The number of carbonyl (C=O) groups is 1. The molecule has 0 unspecified atom stereocenters. The number of aldehydes is 1. The fourth-order valence-corrected chi connectivity index (χ4v) is 1.92. The summed E-state index contributed by atoms with van der Waals surface area (Å²) in [6, 6.07) is 10.4. The standard InChI is InChI=1S/C14H11N3O2/c18-9-10-5-6-17-14(7-10)15-13(16-17)8-11-3-1-2-4-12(11)19/h1-7,9,19H,8H2. The van der Waals surface area contributed by atoms with Crippen molar-refractivity contribution in [3.8, 4) is 5.75 Å². The summed E-state index contributed by atoms with van der Waals surface area (Å²) in [4.78, 5) is 15.0. The summed E-state index contributed by atoms with van der Waals surface area (Å²) in [6.07, 6.45) is 2.92. The lowest BCUT2D eigenvalue weighted by atomic mass is 10.1. The van der Waals surface area contributed by atoms with Crippen LogP contribution in [0.3, 0.4) is 0 Å². The molecule has 3 rings (SSSR count). The Morgan fingerprint density at radius 1 is 1.26 bits per heavy atom. The molecule has 0 aliphatic carbocycles. The molecule has 0 radical (unpaired) electrons. The lowest BCUT2D eigenvalue weighted by molar-refractivity contribution is 0.112. The first-order valence-electron chi connectivity index (χ1n) is 5.83. The van der Waals surface area contributed by atoms with Crippen LogP contribution in [0.25, 0.3) is 5.65 Å². The van der Waals surface area contributed by atoms with Crippen LogP contribution in [-0.4, -0.2) is 26.0 Å². The van der Waals surface area contributed by atoms with Crippen LogP contribution < -0.4 is 0 Å². The van der Waals surface area contributed by atoms with Crippen LogP contribution in [0.4, 0.5) is 0 Å². The summed E-state index contributed by atoms with van der Waals surface area (Å²) >= 11 is 0. The van der Waals surface area contributed by atoms with E-state index in [-0.39, 0.29) is 5.75 Å². The highest BCUT2D eigenvalue weighted by Gasteiger charge is 2.07. The number of pyridine rings is 1. The second-order valence-electron chi connectivity index (χ2n) is 4.21. The Labute approximate surface area is 109 Å². The zero-order valence-electron chi connectivity index (χ0n) is 10.0. The third kappa shape index (κ3) is 2.18. The minimum Gasteiger partial charge on any atom is -0.508 e. The summed E-state index contributed by atoms with van der Waals surface area (Å²) in [5.41, 5.74) is 1.96. The topological polar surface area (TPSA) is 67.5 Å². The first-order chi connectivity index (χ1) is 9.26. The number of nitrogens with zero attached hydrogens (tertiary/aromatic N) is 3. The molecule has 0 spiro atoms. The van der Waals surface area contributed by atoms with Crippen molar-refractivity contribution in [2.45, 2.75) is 6.42 Å². The Morgan fingerprint density at radius 3 is 2.89 bits per heavy atom. The molecule has 2 heterocycles. The number of hydrogen-bond donors (Lipinski definition) is 1. The summed E-state index contributed by atoms with van der Waals surface area (Å²) in [6.45, 7) is 0. The van der Waals surface area contributed by atoms with Crippen molar-refractivity contribution in [2.24, 2.45) is 0 Å². The monoisotopic (exact) mass is 253 g/mol. The van der Waals surface area contributed by atoms with E-state index in [4.69, 9.17) is 0 Å². The number of aromatic hydroxyl groups is 1. The Balaban J connectivity index is 1.98. The number of fused-ring (bicyclic) bond motifs is 1. The summed E-state index contributed by atoms with van der Waals surface area (Å²) in [5.74, 6) is 0.833. The van der Waals surface area contributed by atoms with Crippen LogP contribution in [0, 0.1) is 0 Å². The fraction of sp³-hybridized carbons (Fsp3) is 0.0714. The zero-order chi connectivity index (χ0) is 13.2. The summed E-state index contributed by atoms with van der Waals surface area (Å²) in [5, 5.41) is 14.0.